The topological polar surface area (TPSA) is 50.2 Å². The second kappa shape index (κ2) is 5.24. The molecule has 1 N–H and O–H groups in total. The van der Waals surface area contributed by atoms with Crippen LogP contribution in [0.15, 0.2) is 24.3 Å². The minimum absolute atomic E-state index is 0.0432. The number of carboxylic acid groups (broad SMARTS) is 1. The van der Waals surface area contributed by atoms with Crippen LogP contribution >= 0.6 is 11.3 Å². The first-order valence-corrected chi connectivity index (χ1v) is 6.55. The van der Waals surface area contributed by atoms with Crippen LogP contribution in [0.5, 0.6) is 0 Å². The minimum atomic E-state index is -4.41. The van der Waals surface area contributed by atoms with Crippen LogP contribution in [-0.4, -0.2) is 16.1 Å². The fourth-order valence-corrected chi connectivity index (χ4v) is 2.54. The molecule has 0 radical (unpaired) electrons. The predicted octanol–water partition coefficient (Wildman–Crippen LogP) is 4.09. The lowest BCUT2D eigenvalue weighted by atomic mass is 10.1. The number of hydrogen-bond donors (Lipinski definition) is 1. The second-order valence-electron chi connectivity index (χ2n) is 4.02. The molecule has 1 aromatic heterocycles. The minimum Gasteiger partial charge on any atom is -0.477 e. The maximum Gasteiger partial charge on any atom is 0.416 e. The number of halogens is 3. The largest absolute Gasteiger partial charge is 0.477 e. The molecule has 0 aliphatic carbocycles. The second-order valence-corrected chi connectivity index (χ2v) is 5.10. The van der Waals surface area contributed by atoms with Crippen LogP contribution in [0.1, 0.15) is 27.2 Å². The number of aromatic nitrogens is 1. The third-order valence-corrected chi connectivity index (χ3v) is 3.84. The van der Waals surface area contributed by atoms with Crippen molar-refractivity contribution in [2.45, 2.75) is 19.5 Å². The van der Waals surface area contributed by atoms with Gasteiger partial charge in [0.15, 0.2) is 0 Å². The third-order valence-electron chi connectivity index (χ3n) is 2.65. The van der Waals surface area contributed by atoms with Gasteiger partial charge in [-0.1, -0.05) is 19.1 Å². The molecule has 7 heteroatoms. The van der Waals surface area contributed by atoms with Gasteiger partial charge < -0.3 is 5.11 Å². The molecule has 0 bridgehead atoms. The average Bonchev–Trinajstić information content (AvgIpc) is 2.82. The molecule has 1 aromatic carbocycles. The SMILES string of the molecule is CCc1nc(-c2ccc(C(F)(F)F)cc2)c(C(=O)O)s1. The monoisotopic (exact) mass is 301 g/mol. The van der Waals surface area contributed by atoms with E-state index in [9.17, 15) is 18.0 Å². The van der Waals surface area contributed by atoms with Gasteiger partial charge in [0.1, 0.15) is 4.88 Å². The summed E-state index contributed by atoms with van der Waals surface area (Å²) in [6.45, 7) is 1.83. The summed E-state index contributed by atoms with van der Waals surface area (Å²) < 4.78 is 37.4. The molecule has 0 amide bonds. The number of carboxylic acids is 1. The van der Waals surface area contributed by atoms with E-state index in [0.717, 1.165) is 23.5 Å². The molecule has 0 unspecified atom stereocenters. The van der Waals surface area contributed by atoms with E-state index in [1.165, 1.54) is 12.1 Å². The quantitative estimate of drug-likeness (QED) is 0.929. The Kier molecular flexibility index (Phi) is 3.80. The number of rotatable bonds is 3. The zero-order chi connectivity index (χ0) is 14.9. The molecular formula is C13H10F3NO2S. The van der Waals surface area contributed by atoms with Gasteiger partial charge in [-0.05, 0) is 18.6 Å². The summed E-state index contributed by atoms with van der Waals surface area (Å²) >= 11 is 1.04. The van der Waals surface area contributed by atoms with Crippen molar-refractivity contribution < 1.29 is 23.1 Å². The standard InChI is InChI=1S/C13H10F3NO2S/c1-2-9-17-10(11(20-9)12(18)19)7-3-5-8(6-4-7)13(14,15)16/h3-6H,2H2,1H3,(H,18,19). The van der Waals surface area contributed by atoms with E-state index in [0.29, 0.717) is 17.0 Å². The third kappa shape index (κ3) is 2.82. The van der Waals surface area contributed by atoms with Gasteiger partial charge in [-0.3, -0.25) is 0 Å². The normalized spacial score (nSPS) is 11.6. The molecule has 2 rings (SSSR count). The smallest absolute Gasteiger partial charge is 0.416 e. The Hall–Kier alpha value is -1.89. The zero-order valence-electron chi connectivity index (χ0n) is 10.4. The van der Waals surface area contributed by atoms with Crippen LogP contribution in [-0.2, 0) is 12.6 Å². The molecule has 2 aromatic rings. The van der Waals surface area contributed by atoms with E-state index >= 15 is 0 Å². The maximum atomic E-state index is 12.5. The zero-order valence-corrected chi connectivity index (χ0v) is 11.2. The summed E-state index contributed by atoms with van der Waals surface area (Å²) in [4.78, 5) is 15.4. The summed E-state index contributed by atoms with van der Waals surface area (Å²) in [7, 11) is 0. The molecule has 1 heterocycles. The molecule has 106 valence electrons. The van der Waals surface area contributed by atoms with Crippen molar-refractivity contribution >= 4 is 17.3 Å². The highest BCUT2D eigenvalue weighted by atomic mass is 32.1. The lowest BCUT2D eigenvalue weighted by Gasteiger charge is -2.07. The van der Waals surface area contributed by atoms with Gasteiger partial charge in [0, 0.05) is 5.56 Å². The van der Waals surface area contributed by atoms with Crippen molar-refractivity contribution in [1.82, 2.24) is 4.98 Å². The average molecular weight is 301 g/mol. The molecule has 0 saturated carbocycles. The summed E-state index contributed by atoms with van der Waals surface area (Å²) in [5.41, 5.74) is -0.191. The number of aryl methyl sites for hydroxylation is 1. The van der Waals surface area contributed by atoms with Crippen molar-refractivity contribution in [2.75, 3.05) is 0 Å². The van der Waals surface area contributed by atoms with Gasteiger partial charge in [-0.2, -0.15) is 13.2 Å². The van der Waals surface area contributed by atoms with Gasteiger partial charge in [0.05, 0.1) is 16.3 Å². The molecule has 20 heavy (non-hydrogen) atoms. The number of alkyl halides is 3. The fourth-order valence-electron chi connectivity index (χ4n) is 1.67. The van der Waals surface area contributed by atoms with Crippen LogP contribution in [0, 0.1) is 0 Å². The van der Waals surface area contributed by atoms with Gasteiger partial charge in [-0.25, -0.2) is 9.78 Å². The van der Waals surface area contributed by atoms with Crippen molar-refractivity contribution in [3.05, 3.63) is 39.7 Å². The Morgan fingerprint density at radius 3 is 2.35 bits per heavy atom. The Morgan fingerprint density at radius 2 is 1.90 bits per heavy atom. The number of nitrogens with zero attached hydrogens (tertiary/aromatic N) is 1. The van der Waals surface area contributed by atoms with Crippen LogP contribution in [0.3, 0.4) is 0 Å². The number of thiazole rings is 1. The predicted molar refractivity (Wildman–Crippen MR) is 68.9 cm³/mol. The number of carbonyl (C=O) groups is 1. The maximum absolute atomic E-state index is 12.5. The molecule has 0 aliphatic rings. The molecule has 3 nitrogen and oxygen atoms in total. The lowest BCUT2D eigenvalue weighted by Crippen LogP contribution is -2.04. The molecular weight excluding hydrogens is 291 g/mol. The highest BCUT2D eigenvalue weighted by Crippen LogP contribution is 2.33. The van der Waals surface area contributed by atoms with Crippen molar-refractivity contribution in [1.29, 1.82) is 0 Å². The van der Waals surface area contributed by atoms with Crippen LogP contribution in [0.2, 0.25) is 0 Å². The molecule has 0 atom stereocenters. The van der Waals surface area contributed by atoms with Gasteiger partial charge in [-0.15, -0.1) is 11.3 Å². The first kappa shape index (κ1) is 14.5. The van der Waals surface area contributed by atoms with E-state index in [-0.39, 0.29) is 10.6 Å². The Balaban J connectivity index is 2.46. The van der Waals surface area contributed by atoms with E-state index in [1.807, 2.05) is 6.92 Å². The summed E-state index contributed by atoms with van der Waals surface area (Å²) in [5, 5.41) is 9.75. The highest BCUT2D eigenvalue weighted by molar-refractivity contribution is 7.14. The highest BCUT2D eigenvalue weighted by Gasteiger charge is 2.30. The number of benzene rings is 1. The first-order valence-electron chi connectivity index (χ1n) is 5.73. The Morgan fingerprint density at radius 1 is 1.30 bits per heavy atom. The molecule has 0 saturated heterocycles. The van der Waals surface area contributed by atoms with Crippen LogP contribution in [0.25, 0.3) is 11.3 Å². The molecule has 0 fully saturated rings. The van der Waals surface area contributed by atoms with E-state index in [4.69, 9.17) is 5.11 Å². The summed E-state index contributed by atoms with van der Waals surface area (Å²) in [5.74, 6) is -1.13. The number of hydrogen-bond acceptors (Lipinski definition) is 3. The number of aromatic carboxylic acids is 1. The van der Waals surface area contributed by atoms with Gasteiger partial charge in [0.2, 0.25) is 0 Å². The molecule has 0 aliphatic heterocycles. The van der Waals surface area contributed by atoms with Gasteiger partial charge >= 0.3 is 12.1 Å². The van der Waals surface area contributed by atoms with Crippen molar-refractivity contribution in [2.24, 2.45) is 0 Å². The van der Waals surface area contributed by atoms with E-state index in [1.54, 1.807) is 0 Å². The van der Waals surface area contributed by atoms with Crippen molar-refractivity contribution in [3.63, 3.8) is 0 Å². The van der Waals surface area contributed by atoms with Crippen LogP contribution in [0.4, 0.5) is 13.2 Å². The molecule has 0 spiro atoms. The van der Waals surface area contributed by atoms with Gasteiger partial charge in [0.25, 0.3) is 0 Å². The lowest BCUT2D eigenvalue weighted by molar-refractivity contribution is -0.137. The Labute approximate surface area is 116 Å². The Bertz CT molecular complexity index is 632. The summed E-state index contributed by atoms with van der Waals surface area (Å²) in [6, 6.07) is 4.32. The van der Waals surface area contributed by atoms with E-state index < -0.39 is 17.7 Å². The summed E-state index contributed by atoms with van der Waals surface area (Å²) in [6.07, 6.45) is -3.84. The fraction of sp³-hybridized carbons (Fsp3) is 0.231. The first-order chi connectivity index (χ1) is 9.32. The van der Waals surface area contributed by atoms with E-state index in [2.05, 4.69) is 4.98 Å². The van der Waals surface area contributed by atoms with Crippen LogP contribution < -0.4 is 0 Å². The van der Waals surface area contributed by atoms with Crippen molar-refractivity contribution in [3.8, 4) is 11.3 Å².